The van der Waals surface area contributed by atoms with Crippen LogP contribution in [0.4, 0.5) is 0 Å². The number of carbonyl (C=O) groups is 2. The van der Waals surface area contributed by atoms with Crippen LogP contribution in [0.2, 0.25) is 0 Å². The number of nitrogens with one attached hydrogen (secondary N) is 2. The number of aliphatic hydroxyl groups is 1. The van der Waals surface area contributed by atoms with Gasteiger partial charge in [0.25, 0.3) is 0 Å². The van der Waals surface area contributed by atoms with Crippen LogP contribution in [-0.2, 0) is 9.59 Å². The third-order valence-corrected chi connectivity index (χ3v) is 2.22. The van der Waals surface area contributed by atoms with Crippen molar-refractivity contribution >= 4 is 11.8 Å². The SMILES string of the molecule is N#CCNC(=O)C(=O)N[C@@H](CO)c1ccccc1. The molecule has 0 heterocycles. The van der Waals surface area contributed by atoms with Gasteiger partial charge in [-0.15, -0.1) is 0 Å². The lowest BCUT2D eigenvalue weighted by Gasteiger charge is -2.15. The molecule has 0 saturated carbocycles. The Bertz CT molecular complexity index is 453. The fraction of sp³-hybridized carbons (Fsp3) is 0.250. The van der Waals surface area contributed by atoms with Crippen LogP contribution in [0.3, 0.4) is 0 Å². The summed E-state index contributed by atoms with van der Waals surface area (Å²) in [6.07, 6.45) is 0. The fourth-order valence-electron chi connectivity index (χ4n) is 1.34. The van der Waals surface area contributed by atoms with Crippen LogP contribution in [-0.4, -0.2) is 30.1 Å². The van der Waals surface area contributed by atoms with Crippen LogP contribution < -0.4 is 10.6 Å². The van der Waals surface area contributed by atoms with Gasteiger partial charge in [0.2, 0.25) is 0 Å². The Morgan fingerprint density at radius 2 is 1.94 bits per heavy atom. The molecule has 1 aromatic carbocycles. The Morgan fingerprint density at radius 1 is 1.28 bits per heavy atom. The van der Waals surface area contributed by atoms with Gasteiger partial charge in [-0.25, -0.2) is 0 Å². The van der Waals surface area contributed by atoms with Gasteiger partial charge in [-0.05, 0) is 5.56 Å². The summed E-state index contributed by atoms with van der Waals surface area (Å²) in [4.78, 5) is 22.7. The Morgan fingerprint density at radius 3 is 2.50 bits per heavy atom. The summed E-state index contributed by atoms with van der Waals surface area (Å²) >= 11 is 0. The minimum Gasteiger partial charge on any atom is -0.394 e. The highest BCUT2D eigenvalue weighted by atomic mass is 16.3. The van der Waals surface area contributed by atoms with E-state index in [9.17, 15) is 14.7 Å². The van der Waals surface area contributed by atoms with E-state index >= 15 is 0 Å². The topological polar surface area (TPSA) is 102 Å². The molecule has 0 aliphatic rings. The molecule has 0 aliphatic heterocycles. The second-order valence-corrected chi connectivity index (χ2v) is 3.46. The van der Waals surface area contributed by atoms with E-state index in [1.54, 1.807) is 36.4 Å². The Kier molecular flexibility index (Phi) is 5.35. The zero-order valence-corrected chi connectivity index (χ0v) is 9.59. The minimum atomic E-state index is -0.897. The van der Waals surface area contributed by atoms with Crippen LogP contribution in [0.25, 0.3) is 0 Å². The molecule has 0 bridgehead atoms. The van der Waals surface area contributed by atoms with Crippen molar-refractivity contribution in [3.63, 3.8) is 0 Å². The van der Waals surface area contributed by atoms with Crippen LogP contribution in [0.15, 0.2) is 30.3 Å². The predicted octanol–water partition coefficient (Wildman–Crippen LogP) is -0.524. The summed E-state index contributed by atoms with van der Waals surface area (Å²) in [5.74, 6) is -1.78. The number of nitrogens with zero attached hydrogens (tertiary/aromatic N) is 1. The summed E-state index contributed by atoms with van der Waals surface area (Å²) in [6.45, 7) is -0.553. The lowest BCUT2D eigenvalue weighted by molar-refractivity contribution is -0.139. The number of amides is 2. The molecule has 1 rings (SSSR count). The maximum atomic E-state index is 11.4. The van der Waals surface area contributed by atoms with E-state index in [2.05, 4.69) is 10.6 Å². The van der Waals surface area contributed by atoms with Crippen molar-refractivity contribution in [1.29, 1.82) is 5.26 Å². The smallest absolute Gasteiger partial charge is 0.310 e. The van der Waals surface area contributed by atoms with E-state index in [0.29, 0.717) is 5.56 Å². The summed E-state index contributed by atoms with van der Waals surface area (Å²) in [6, 6.07) is 9.84. The van der Waals surface area contributed by atoms with Gasteiger partial charge in [0.05, 0.1) is 18.7 Å². The molecule has 1 atom stereocenters. The average Bonchev–Trinajstić information content (AvgIpc) is 2.42. The highest BCUT2D eigenvalue weighted by Gasteiger charge is 2.18. The molecule has 0 unspecified atom stereocenters. The van der Waals surface area contributed by atoms with Crippen molar-refractivity contribution in [1.82, 2.24) is 10.6 Å². The number of benzene rings is 1. The summed E-state index contributed by atoms with van der Waals surface area (Å²) in [5.41, 5.74) is 0.696. The van der Waals surface area contributed by atoms with Crippen LogP contribution in [0.5, 0.6) is 0 Å². The van der Waals surface area contributed by atoms with Gasteiger partial charge in [-0.3, -0.25) is 9.59 Å². The largest absolute Gasteiger partial charge is 0.394 e. The van der Waals surface area contributed by atoms with Gasteiger partial charge in [0, 0.05) is 0 Å². The van der Waals surface area contributed by atoms with Crippen molar-refractivity contribution in [3.8, 4) is 6.07 Å². The predicted molar refractivity (Wildman–Crippen MR) is 63.0 cm³/mol. The number of hydrogen-bond acceptors (Lipinski definition) is 4. The van der Waals surface area contributed by atoms with E-state index in [4.69, 9.17) is 5.26 Å². The Labute approximate surface area is 104 Å². The highest BCUT2D eigenvalue weighted by Crippen LogP contribution is 2.10. The molecule has 94 valence electrons. The molecule has 3 N–H and O–H groups in total. The molecule has 18 heavy (non-hydrogen) atoms. The normalized spacial score (nSPS) is 11.1. The fourth-order valence-corrected chi connectivity index (χ4v) is 1.34. The first-order chi connectivity index (χ1) is 8.69. The van der Waals surface area contributed by atoms with E-state index < -0.39 is 17.9 Å². The van der Waals surface area contributed by atoms with Crippen LogP contribution >= 0.6 is 0 Å². The number of nitriles is 1. The summed E-state index contributed by atoms with van der Waals surface area (Å²) in [7, 11) is 0. The van der Waals surface area contributed by atoms with Crippen molar-refractivity contribution < 1.29 is 14.7 Å². The maximum Gasteiger partial charge on any atom is 0.310 e. The van der Waals surface area contributed by atoms with E-state index in [1.165, 1.54) is 0 Å². The Balaban J connectivity index is 2.62. The quantitative estimate of drug-likeness (QED) is 0.492. The van der Waals surface area contributed by atoms with E-state index in [0.717, 1.165) is 0 Å². The zero-order chi connectivity index (χ0) is 13.4. The molecule has 6 nitrogen and oxygen atoms in total. The molecular weight excluding hydrogens is 234 g/mol. The third-order valence-electron chi connectivity index (χ3n) is 2.22. The standard InChI is InChI=1S/C12H13N3O3/c13-6-7-14-11(17)12(18)15-10(8-16)9-4-2-1-3-5-9/h1-5,10,16H,7-8H2,(H,14,17)(H,15,18)/t10-/m0/s1. The maximum absolute atomic E-state index is 11.4. The van der Waals surface area contributed by atoms with Crippen molar-refractivity contribution in [3.05, 3.63) is 35.9 Å². The molecule has 0 aliphatic carbocycles. The number of rotatable bonds is 4. The van der Waals surface area contributed by atoms with Gasteiger partial charge in [0.15, 0.2) is 0 Å². The lowest BCUT2D eigenvalue weighted by atomic mass is 10.1. The van der Waals surface area contributed by atoms with E-state index in [-0.39, 0.29) is 13.2 Å². The first kappa shape index (κ1) is 13.7. The average molecular weight is 247 g/mol. The van der Waals surface area contributed by atoms with Gasteiger partial charge >= 0.3 is 11.8 Å². The molecule has 0 saturated heterocycles. The van der Waals surface area contributed by atoms with Gasteiger partial charge in [0.1, 0.15) is 6.54 Å². The molecule has 2 amide bonds. The van der Waals surface area contributed by atoms with Crippen molar-refractivity contribution in [2.45, 2.75) is 6.04 Å². The molecule has 0 radical (unpaired) electrons. The number of carbonyl (C=O) groups excluding carboxylic acids is 2. The van der Waals surface area contributed by atoms with Gasteiger partial charge in [-0.2, -0.15) is 5.26 Å². The van der Waals surface area contributed by atoms with Crippen molar-refractivity contribution in [2.24, 2.45) is 0 Å². The van der Waals surface area contributed by atoms with Gasteiger partial charge in [-0.1, -0.05) is 30.3 Å². The Hall–Kier alpha value is -2.39. The van der Waals surface area contributed by atoms with Gasteiger partial charge < -0.3 is 15.7 Å². The minimum absolute atomic E-state index is 0.235. The van der Waals surface area contributed by atoms with Crippen molar-refractivity contribution in [2.75, 3.05) is 13.2 Å². The summed E-state index contributed by atoms with van der Waals surface area (Å²) < 4.78 is 0. The van der Waals surface area contributed by atoms with Crippen LogP contribution in [0.1, 0.15) is 11.6 Å². The zero-order valence-electron chi connectivity index (χ0n) is 9.59. The monoisotopic (exact) mass is 247 g/mol. The first-order valence-corrected chi connectivity index (χ1v) is 5.30. The highest BCUT2D eigenvalue weighted by molar-refractivity contribution is 6.35. The molecule has 1 aromatic rings. The van der Waals surface area contributed by atoms with Crippen LogP contribution in [0, 0.1) is 11.3 Å². The molecule has 0 fully saturated rings. The number of hydrogen-bond donors (Lipinski definition) is 3. The first-order valence-electron chi connectivity index (χ1n) is 5.30. The third kappa shape index (κ3) is 3.88. The molecule has 0 aromatic heterocycles. The second-order valence-electron chi connectivity index (χ2n) is 3.46. The lowest BCUT2D eigenvalue weighted by Crippen LogP contribution is -2.42. The van der Waals surface area contributed by atoms with E-state index in [1.807, 2.05) is 0 Å². The molecular formula is C12H13N3O3. The number of aliphatic hydroxyl groups excluding tert-OH is 1. The molecule has 0 spiro atoms. The second kappa shape index (κ2) is 7.04. The summed E-state index contributed by atoms with van der Waals surface area (Å²) in [5, 5.41) is 22.0. The molecule has 6 heteroatoms.